The molecule has 0 aliphatic heterocycles. The molecule has 1 aliphatic carbocycles. The molecule has 1 N–H and O–H groups in total. The molecule has 5 nitrogen and oxygen atoms in total. The van der Waals surface area contributed by atoms with Gasteiger partial charge in [0.05, 0.1) is 5.69 Å². The summed E-state index contributed by atoms with van der Waals surface area (Å²) in [5.41, 5.74) is 3.74. The van der Waals surface area contributed by atoms with Crippen LogP contribution in [0.15, 0.2) is 35.1 Å². The van der Waals surface area contributed by atoms with E-state index in [0.29, 0.717) is 0 Å². The van der Waals surface area contributed by atoms with Crippen molar-refractivity contribution in [3.63, 3.8) is 0 Å². The predicted octanol–water partition coefficient (Wildman–Crippen LogP) is 2.32. The van der Waals surface area contributed by atoms with Crippen LogP contribution in [-0.4, -0.2) is 15.7 Å². The van der Waals surface area contributed by atoms with Gasteiger partial charge in [-0.3, -0.25) is 9.59 Å². The van der Waals surface area contributed by atoms with Crippen LogP contribution in [0.3, 0.4) is 0 Å². The van der Waals surface area contributed by atoms with Gasteiger partial charge in [-0.2, -0.15) is 5.10 Å². The number of fused-ring (bicyclic) bond motifs is 1. The third-order valence-electron chi connectivity index (χ3n) is 4.21. The van der Waals surface area contributed by atoms with Crippen molar-refractivity contribution in [1.29, 1.82) is 0 Å². The number of rotatable bonds is 4. The van der Waals surface area contributed by atoms with E-state index in [2.05, 4.69) is 17.3 Å². The summed E-state index contributed by atoms with van der Waals surface area (Å²) in [4.78, 5) is 24.2. The summed E-state index contributed by atoms with van der Waals surface area (Å²) >= 11 is 0. The molecular formula is C18H21N3O2. The number of aromatic nitrogens is 2. The lowest BCUT2D eigenvalue weighted by molar-refractivity contribution is -0.117. The summed E-state index contributed by atoms with van der Waals surface area (Å²) in [5.74, 6) is -0.236. The van der Waals surface area contributed by atoms with Crippen molar-refractivity contribution in [2.75, 3.05) is 5.32 Å². The van der Waals surface area contributed by atoms with Gasteiger partial charge >= 0.3 is 0 Å². The minimum Gasteiger partial charge on any atom is -0.324 e. The van der Waals surface area contributed by atoms with Crippen LogP contribution in [0.2, 0.25) is 0 Å². The van der Waals surface area contributed by atoms with Gasteiger partial charge in [0.1, 0.15) is 6.54 Å². The number of nitrogens with one attached hydrogen (secondary N) is 1. The van der Waals surface area contributed by atoms with E-state index in [-0.39, 0.29) is 18.0 Å². The molecule has 3 rings (SSSR count). The first-order valence-corrected chi connectivity index (χ1v) is 8.14. The summed E-state index contributed by atoms with van der Waals surface area (Å²) in [6.07, 6.45) is 4.95. The molecular weight excluding hydrogens is 290 g/mol. The zero-order chi connectivity index (χ0) is 16.2. The van der Waals surface area contributed by atoms with E-state index in [9.17, 15) is 9.59 Å². The number of aryl methyl sites for hydroxylation is 3. The second-order valence-corrected chi connectivity index (χ2v) is 5.92. The molecule has 1 heterocycles. The third kappa shape index (κ3) is 3.67. The lowest BCUT2D eigenvalue weighted by Gasteiger charge is -2.15. The Hall–Kier alpha value is -2.43. The Morgan fingerprint density at radius 1 is 1.22 bits per heavy atom. The number of carbonyl (C=O) groups is 1. The van der Waals surface area contributed by atoms with Gasteiger partial charge in [-0.15, -0.1) is 0 Å². The smallest absolute Gasteiger partial charge is 0.267 e. The van der Waals surface area contributed by atoms with E-state index in [1.807, 2.05) is 24.3 Å². The van der Waals surface area contributed by atoms with Crippen LogP contribution in [0, 0.1) is 0 Å². The Morgan fingerprint density at radius 3 is 2.70 bits per heavy atom. The number of benzene rings is 1. The highest BCUT2D eigenvalue weighted by Crippen LogP contribution is 2.17. The van der Waals surface area contributed by atoms with Gasteiger partial charge < -0.3 is 5.32 Å². The van der Waals surface area contributed by atoms with Crippen LogP contribution in [0.5, 0.6) is 0 Å². The molecule has 0 atom stereocenters. The Kier molecular flexibility index (Phi) is 4.55. The fourth-order valence-electron chi connectivity index (χ4n) is 2.87. The molecule has 0 saturated heterocycles. The molecule has 0 unspecified atom stereocenters. The van der Waals surface area contributed by atoms with E-state index in [0.717, 1.165) is 49.0 Å². The van der Waals surface area contributed by atoms with Crippen molar-refractivity contribution in [1.82, 2.24) is 9.78 Å². The zero-order valence-corrected chi connectivity index (χ0v) is 13.3. The summed E-state index contributed by atoms with van der Waals surface area (Å²) in [6, 6.07) is 9.35. The van der Waals surface area contributed by atoms with Crippen LogP contribution in [-0.2, 0) is 30.6 Å². The van der Waals surface area contributed by atoms with Crippen molar-refractivity contribution < 1.29 is 4.79 Å². The minimum atomic E-state index is -0.236. The second kappa shape index (κ2) is 6.77. The summed E-state index contributed by atoms with van der Waals surface area (Å²) in [7, 11) is 0. The van der Waals surface area contributed by atoms with Crippen molar-refractivity contribution in [3.05, 3.63) is 57.5 Å². The molecule has 1 aromatic heterocycles. The van der Waals surface area contributed by atoms with Crippen LogP contribution in [0.1, 0.15) is 36.6 Å². The maximum Gasteiger partial charge on any atom is 0.267 e. The number of anilines is 1. The van der Waals surface area contributed by atoms with E-state index in [4.69, 9.17) is 0 Å². The van der Waals surface area contributed by atoms with Gasteiger partial charge in [-0.1, -0.05) is 19.1 Å². The molecule has 5 heteroatoms. The number of carbonyl (C=O) groups excluding carboxylic acids is 1. The molecule has 23 heavy (non-hydrogen) atoms. The van der Waals surface area contributed by atoms with E-state index >= 15 is 0 Å². The lowest BCUT2D eigenvalue weighted by atomic mass is 9.97. The quantitative estimate of drug-likeness (QED) is 0.942. The monoisotopic (exact) mass is 311 g/mol. The van der Waals surface area contributed by atoms with E-state index < -0.39 is 0 Å². The molecule has 120 valence electrons. The van der Waals surface area contributed by atoms with Gasteiger partial charge in [-0.05, 0) is 55.4 Å². The van der Waals surface area contributed by atoms with E-state index in [1.54, 1.807) is 6.07 Å². The largest absolute Gasteiger partial charge is 0.324 e. The number of nitrogens with zero attached hydrogens (tertiary/aromatic N) is 2. The molecule has 0 radical (unpaired) electrons. The normalized spacial score (nSPS) is 13.4. The van der Waals surface area contributed by atoms with Crippen LogP contribution in [0.4, 0.5) is 5.69 Å². The first-order valence-electron chi connectivity index (χ1n) is 8.14. The summed E-state index contributed by atoms with van der Waals surface area (Å²) < 4.78 is 1.26. The van der Waals surface area contributed by atoms with Gasteiger partial charge in [-0.25, -0.2) is 4.68 Å². The first kappa shape index (κ1) is 15.5. The number of hydrogen-bond acceptors (Lipinski definition) is 3. The lowest BCUT2D eigenvalue weighted by Crippen LogP contribution is -2.31. The van der Waals surface area contributed by atoms with E-state index in [1.165, 1.54) is 10.2 Å². The highest BCUT2D eigenvalue weighted by atomic mass is 16.2. The number of hydrogen-bond donors (Lipinski definition) is 1. The standard InChI is InChI=1S/C18H21N3O2/c1-2-13-7-9-15(10-8-13)19-17(22)12-21-18(23)11-14-5-3-4-6-16(14)20-21/h7-11H,2-6,12H2,1H3,(H,19,22). The molecule has 1 aliphatic rings. The van der Waals surface area contributed by atoms with Gasteiger partial charge in [0.15, 0.2) is 0 Å². The third-order valence-corrected chi connectivity index (χ3v) is 4.21. The van der Waals surface area contributed by atoms with Crippen LogP contribution in [0.25, 0.3) is 0 Å². The molecule has 2 aromatic rings. The average molecular weight is 311 g/mol. The Balaban J connectivity index is 1.71. The zero-order valence-electron chi connectivity index (χ0n) is 13.3. The summed E-state index contributed by atoms with van der Waals surface area (Å²) in [5, 5.41) is 7.18. The van der Waals surface area contributed by atoms with Crippen molar-refractivity contribution in [2.24, 2.45) is 0 Å². The highest BCUT2D eigenvalue weighted by molar-refractivity contribution is 5.90. The fraction of sp³-hybridized carbons (Fsp3) is 0.389. The van der Waals surface area contributed by atoms with Crippen LogP contribution < -0.4 is 10.9 Å². The van der Waals surface area contributed by atoms with Crippen molar-refractivity contribution in [3.8, 4) is 0 Å². The number of amides is 1. The topological polar surface area (TPSA) is 64.0 Å². The first-order chi connectivity index (χ1) is 11.2. The predicted molar refractivity (Wildman–Crippen MR) is 89.6 cm³/mol. The maximum atomic E-state index is 12.1. The van der Waals surface area contributed by atoms with Crippen molar-refractivity contribution in [2.45, 2.75) is 45.6 Å². The molecule has 1 aromatic carbocycles. The van der Waals surface area contributed by atoms with Crippen LogP contribution >= 0.6 is 0 Å². The molecule has 0 bridgehead atoms. The SMILES string of the molecule is CCc1ccc(NC(=O)Cn2nc3c(cc2=O)CCCC3)cc1. The molecule has 0 spiro atoms. The fourth-order valence-corrected chi connectivity index (χ4v) is 2.87. The molecule has 0 fully saturated rings. The van der Waals surface area contributed by atoms with Gasteiger partial charge in [0.25, 0.3) is 5.56 Å². The Morgan fingerprint density at radius 2 is 1.96 bits per heavy atom. The summed E-state index contributed by atoms with van der Waals surface area (Å²) in [6.45, 7) is 2.03. The minimum absolute atomic E-state index is 0.0539. The van der Waals surface area contributed by atoms with Crippen molar-refractivity contribution >= 4 is 11.6 Å². The molecule has 0 saturated carbocycles. The average Bonchev–Trinajstić information content (AvgIpc) is 2.56. The van der Waals surface area contributed by atoms with Gasteiger partial charge in [0.2, 0.25) is 5.91 Å². The maximum absolute atomic E-state index is 12.1. The Labute approximate surface area is 135 Å². The highest BCUT2D eigenvalue weighted by Gasteiger charge is 2.14. The molecule has 1 amide bonds. The Bertz CT molecular complexity index is 763. The van der Waals surface area contributed by atoms with Gasteiger partial charge in [0, 0.05) is 11.8 Å². The second-order valence-electron chi connectivity index (χ2n) is 5.92.